The Kier molecular flexibility index (Phi) is 9.57. The summed E-state index contributed by atoms with van der Waals surface area (Å²) < 4.78 is 40.5. The third kappa shape index (κ3) is 7.08. The van der Waals surface area contributed by atoms with Crippen molar-refractivity contribution >= 4 is 28.7 Å². The minimum Gasteiger partial charge on any atom is -0.379 e. The van der Waals surface area contributed by atoms with Gasteiger partial charge in [0.25, 0.3) is 6.43 Å². The average molecular weight is 573 g/mol. The Hall–Kier alpha value is -3.42. The quantitative estimate of drug-likeness (QED) is 0.348. The highest BCUT2D eigenvalue weighted by atomic mass is 19.3. The van der Waals surface area contributed by atoms with Crippen molar-refractivity contribution in [1.82, 2.24) is 29.3 Å². The first-order valence-electron chi connectivity index (χ1n) is 14.2. The van der Waals surface area contributed by atoms with E-state index in [0.29, 0.717) is 49.7 Å². The zero-order chi connectivity index (χ0) is 28.8. The van der Waals surface area contributed by atoms with E-state index >= 15 is 0 Å². The maximum atomic E-state index is 14.1. The van der Waals surface area contributed by atoms with Crippen LogP contribution in [0.2, 0.25) is 0 Å². The molecule has 13 heteroatoms. The summed E-state index contributed by atoms with van der Waals surface area (Å²) in [5, 5.41) is 3.13. The monoisotopic (exact) mass is 572 g/mol. The zero-order valence-corrected chi connectivity index (χ0v) is 23.6. The zero-order valence-electron chi connectivity index (χ0n) is 23.6. The summed E-state index contributed by atoms with van der Waals surface area (Å²) in [5.74, 6) is 0.506. The number of amides is 1. The van der Waals surface area contributed by atoms with Crippen molar-refractivity contribution < 1.29 is 23.0 Å². The van der Waals surface area contributed by atoms with Crippen molar-refractivity contribution in [2.45, 2.75) is 32.2 Å². The van der Waals surface area contributed by atoms with Crippen LogP contribution >= 0.6 is 0 Å². The minimum atomic E-state index is -2.81. The summed E-state index contributed by atoms with van der Waals surface area (Å²) in [6, 6.07) is 8.02. The first kappa shape index (κ1) is 29.1. The molecule has 1 amide bonds. The molecule has 2 aromatic heterocycles. The fraction of sp³-hybridized carbons (Fsp3) is 0.571. The predicted octanol–water partition coefficient (Wildman–Crippen LogP) is 2.96. The molecule has 0 saturated carbocycles. The van der Waals surface area contributed by atoms with Crippen LogP contribution in [0.5, 0.6) is 0 Å². The number of nitrogens with zero attached hydrogens (tertiary/aromatic N) is 7. The van der Waals surface area contributed by atoms with Crippen molar-refractivity contribution in [2.75, 3.05) is 83.0 Å². The standard InChI is InChI=1S/C28H38F2N8O3/c1-20(27(39)35(2)9-5-6-10-36-11-15-40-16-12-36)31-28-33-23(37-13-17-41-18-14-37)19-24(34-28)38-22-8-4-3-7-21(22)32-26(38)25(29)30/h3-4,7-8,19-20,25H,5-6,9-18H2,1-2H3,(H,31,33,34)/t20-/m0/s1. The number of nitrogens with one attached hydrogen (secondary N) is 1. The number of aromatic nitrogens is 4. The molecule has 0 aliphatic carbocycles. The minimum absolute atomic E-state index is 0.0975. The van der Waals surface area contributed by atoms with E-state index in [-0.39, 0.29) is 17.7 Å². The number of carbonyl (C=O) groups excluding carboxylic acids is 1. The van der Waals surface area contributed by atoms with E-state index in [1.165, 1.54) is 4.57 Å². The number of anilines is 2. The number of benzene rings is 1. The Morgan fingerprint density at radius 3 is 2.41 bits per heavy atom. The molecule has 2 aliphatic rings. The van der Waals surface area contributed by atoms with Crippen molar-refractivity contribution in [3.05, 3.63) is 36.2 Å². The van der Waals surface area contributed by atoms with Gasteiger partial charge in [0, 0.05) is 45.8 Å². The van der Waals surface area contributed by atoms with Gasteiger partial charge < -0.3 is 24.6 Å². The lowest BCUT2D eigenvalue weighted by atomic mass is 10.2. The van der Waals surface area contributed by atoms with Gasteiger partial charge in [0.05, 0.1) is 37.5 Å². The van der Waals surface area contributed by atoms with Crippen LogP contribution in [-0.4, -0.2) is 114 Å². The molecule has 2 fully saturated rings. The van der Waals surface area contributed by atoms with Crippen LogP contribution in [-0.2, 0) is 14.3 Å². The van der Waals surface area contributed by atoms with E-state index in [2.05, 4.69) is 25.2 Å². The normalized spacial score (nSPS) is 17.2. The van der Waals surface area contributed by atoms with Crippen LogP contribution in [0, 0.1) is 0 Å². The molecule has 2 saturated heterocycles. The summed E-state index contributed by atoms with van der Waals surface area (Å²) in [5.41, 5.74) is 0.962. The second-order valence-electron chi connectivity index (χ2n) is 10.4. The van der Waals surface area contributed by atoms with Crippen LogP contribution in [0.25, 0.3) is 16.9 Å². The van der Waals surface area contributed by atoms with Gasteiger partial charge in [-0.1, -0.05) is 12.1 Å². The number of morpholine rings is 2. The molecule has 0 radical (unpaired) electrons. The summed E-state index contributed by atoms with van der Waals surface area (Å²) in [6.07, 6.45) is -0.916. The van der Waals surface area contributed by atoms with Gasteiger partial charge >= 0.3 is 0 Å². The molecule has 11 nitrogen and oxygen atoms in total. The SMILES string of the molecule is C[C@H](Nc1nc(N2CCOCC2)cc(-n2c(C(F)F)nc3ccccc32)n1)C(=O)N(C)CCCCN1CCOCC1. The van der Waals surface area contributed by atoms with Crippen molar-refractivity contribution in [1.29, 1.82) is 0 Å². The predicted molar refractivity (Wildman–Crippen MR) is 152 cm³/mol. The van der Waals surface area contributed by atoms with E-state index in [1.807, 2.05) is 4.90 Å². The molecular weight excluding hydrogens is 534 g/mol. The fourth-order valence-electron chi connectivity index (χ4n) is 5.19. The van der Waals surface area contributed by atoms with Gasteiger partial charge in [-0.05, 0) is 38.4 Å². The molecule has 0 bridgehead atoms. The number of halogens is 2. The molecule has 2 aliphatic heterocycles. The van der Waals surface area contributed by atoms with E-state index in [1.54, 1.807) is 49.2 Å². The van der Waals surface area contributed by atoms with Crippen LogP contribution in [0.15, 0.2) is 30.3 Å². The second-order valence-corrected chi connectivity index (χ2v) is 10.4. The number of hydrogen-bond donors (Lipinski definition) is 1. The number of carbonyl (C=O) groups is 1. The molecule has 0 spiro atoms. The smallest absolute Gasteiger partial charge is 0.296 e. The number of alkyl halides is 2. The number of likely N-dealkylation sites (N-methyl/N-ethyl adjacent to an activating group) is 1. The molecule has 0 unspecified atom stereocenters. The lowest BCUT2D eigenvalue weighted by Gasteiger charge is -2.29. The summed E-state index contributed by atoms with van der Waals surface area (Å²) in [6.45, 7) is 9.11. The van der Waals surface area contributed by atoms with Crippen molar-refractivity contribution in [3.8, 4) is 5.82 Å². The first-order valence-corrected chi connectivity index (χ1v) is 14.2. The molecule has 4 heterocycles. The van der Waals surface area contributed by atoms with Gasteiger partial charge in [0.15, 0.2) is 5.82 Å². The van der Waals surface area contributed by atoms with E-state index in [9.17, 15) is 13.6 Å². The van der Waals surface area contributed by atoms with Gasteiger partial charge in [-0.2, -0.15) is 9.97 Å². The van der Waals surface area contributed by atoms with E-state index in [4.69, 9.17) is 9.47 Å². The lowest BCUT2D eigenvalue weighted by Crippen LogP contribution is -2.41. The molecule has 41 heavy (non-hydrogen) atoms. The molecule has 3 aromatic rings. The number of imidazole rings is 1. The topological polar surface area (TPSA) is 101 Å². The largest absolute Gasteiger partial charge is 0.379 e. The van der Waals surface area contributed by atoms with Gasteiger partial charge in [0.2, 0.25) is 11.9 Å². The van der Waals surface area contributed by atoms with Crippen molar-refractivity contribution in [2.24, 2.45) is 0 Å². The van der Waals surface area contributed by atoms with Crippen LogP contribution in [0.4, 0.5) is 20.5 Å². The van der Waals surface area contributed by atoms with Gasteiger partial charge in [0.1, 0.15) is 17.7 Å². The molecule has 5 rings (SSSR count). The number of ether oxygens (including phenoxy) is 2. The third-order valence-corrected chi connectivity index (χ3v) is 7.46. The van der Waals surface area contributed by atoms with Crippen LogP contribution in [0.3, 0.4) is 0 Å². The highest BCUT2D eigenvalue weighted by molar-refractivity contribution is 5.83. The molecule has 222 valence electrons. The molecular formula is C28H38F2N8O3. The summed E-state index contributed by atoms with van der Waals surface area (Å²) in [4.78, 5) is 32.8. The fourth-order valence-corrected chi connectivity index (χ4v) is 5.19. The molecule has 1 aromatic carbocycles. The number of para-hydroxylation sites is 2. The number of unbranched alkanes of at least 4 members (excludes halogenated alkanes) is 1. The number of rotatable bonds is 11. The van der Waals surface area contributed by atoms with Crippen molar-refractivity contribution in [3.63, 3.8) is 0 Å². The van der Waals surface area contributed by atoms with E-state index < -0.39 is 18.3 Å². The molecule has 1 atom stereocenters. The highest BCUT2D eigenvalue weighted by Crippen LogP contribution is 2.29. The average Bonchev–Trinajstić information content (AvgIpc) is 3.40. The Morgan fingerprint density at radius 2 is 1.68 bits per heavy atom. The Morgan fingerprint density at radius 1 is 1.00 bits per heavy atom. The van der Waals surface area contributed by atoms with Crippen LogP contribution in [0.1, 0.15) is 32.0 Å². The van der Waals surface area contributed by atoms with Gasteiger partial charge in [-0.25, -0.2) is 13.8 Å². The Balaban J connectivity index is 1.33. The summed E-state index contributed by atoms with van der Waals surface area (Å²) >= 11 is 0. The number of fused-ring (bicyclic) bond motifs is 1. The van der Waals surface area contributed by atoms with E-state index in [0.717, 1.165) is 45.7 Å². The van der Waals surface area contributed by atoms with Gasteiger partial charge in [-0.3, -0.25) is 14.3 Å². The first-order chi connectivity index (χ1) is 19.9. The summed E-state index contributed by atoms with van der Waals surface area (Å²) in [7, 11) is 1.79. The number of hydrogen-bond acceptors (Lipinski definition) is 9. The second kappa shape index (κ2) is 13.5. The Bertz CT molecular complexity index is 1310. The lowest BCUT2D eigenvalue weighted by molar-refractivity contribution is -0.130. The molecule has 1 N–H and O–H groups in total. The maximum absolute atomic E-state index is 14.1. The van der Waals surface area contributed by atoms with Crippen LogP contribution < -0.4 is 10.2 Å². The van der Waals surface area contributed by atoms with Gasteiger partial charge in [-0.15, -0.1) is 0 Å². The Labute approximate surface area is 238 Å². The third-order valence-electron chi connectivity index (χ3n) is 7.46. The maximum Gasteiger partial charge on any atom is 0.296 e. The highest BCUT2D eigenvalue weighted by Gasteiger charge is 2.25.